The van der Waals surface area contributed by atoms with Crippen LogP contribution in [0, 0.1) is 6.92 Å². The molecule has 11 heteroatoms. The molecule has 0 spiro atoms. The average molecular weight is 445 g/mol. The normalized spacial score (nSPS) is 12.6. The van der Waals surface area contributed by atoms with Gasteiger partial charge < -0.3 is 10.1 Å². The Balaban J connectivity index is 1.82. The summed E-state index contributed by atoms with van der Waals surface area (Å²) in [7, 11) is 0.399. The number of carbonyl (C=O) groups is 1. The number of methoxy groups -OCH3 is 1. The number of rotatable bonds is 7. The zero-order valence-electron chi connectivity index (χ0n) is 17.9. The lowest BCUT2D eigenvalue weighted by molar-refractivity contribution is 0.0938. The van der Waals surface area contributed by atoms with Gasteiger partial charge in [0.25, 0.3) is 5.91 Å². The molecule has 3 aromatic rings. The van der Waals surface area contributed by atoms with E-state index in [1.165, 1.54) is 39.4 Å². The molecular formula is C20H24N6O4S. The van der Waals surface area contributed by atoms with Crippen molar-refractivity contribution in [2.75, 3.05) is 21.2 Å². The lowest BCUT2D eigenvalue weighted by atomic mass is 10.2. The predicted molar refractivity (Wildman–Crippen MR) is 114 cm³/mol. The number of nitrogens with zero attached hydrogens (tertiary/aromatic N) is 4. The quantitative estimate of drug-likeness (QED) is 0.569. The Bertz CT molecular complexity index is 1210. The summed E-state index contributed by atoms with van der Waals surface area (Å²) in [6, 6.07) is 7.47. The van der Waals surface area contributed by atoms with Crippen LogP contribution in [0.2, 0.25) is 0 Å². The standard InChI is InChI=1S/C20H24N6O4S/c1-12-8-9-21-15(10-12)19-23-18(24-25-19)13(2)22-20(27)14-6-7-16(30-5)17(11-14)31(28,29)26(3)4/h6-11,13H,1-5H3,(H,22,27)(H,23,24,25). The smallest absolute Gasteiger partial charge is 0.251 e. The van der Waals surface area contributed by atoms with E-state index in [0.717, 1.165) is 9.87 Å². The van der Waals surface area contributed by atoms with E-state index in [9.17, 15) is 13.2 Å². The molecule has 2 aromatic heterocycles. The molecule has 1 atom stereocenters. The Kier molecular flexibility index (Phi) is 6.37. The maximum Gasteiger partial charge on any atom is 0.251 e. The maximum absolute atomic E-state index is 12.8. The van der Waals surface area contributed by atoms with Crippen molar-refractivity contribution >= 4 is 15.9 Å². The van der Waals surface area contributed by atoms with Gasteiger partial charge >= 0.3 is 0 Å². The van der Waals surface area contributed by atoms with E-state index in [-0.39, 0.29) is 16.2 Å². The Labute approximate surface area is 180 Å². The van der Waals surface area contributed by atoms with Crippen LogP contribution in [0.5, 0.6) is 5.75 Å². The number of aromatic nitrogens is 4. The first-order valence-electron chi connectivity index (χ1n) is 9.40. The zero-order valence-corrected chi connectivity index (χ0v) is 18.7. The van der Waals surface area contributed by atoms with Crippen molar-refractivity contribution in [3.05, 3.63) is 53.5 Å². The second kappa shape index (κ2) is 8.82. The first kappa shape index (κ1) is 22.4. The van der Waals surface area contributed by atoms with Gasteiger partial charge in [0.05, 0.1) is 13.2 Å². The number of carbonyl (C=O) groups excluding carboxylic acids is 1. The monoisotopic (exact) mass is 444 g/mol. The van der Waals surface area contributed by atoms with Gasteiger partial charge in [0, 0.05) is 25.9 Å². The first-order valence-corrected chi connectivity index (χ1v) is 10.8. The number of pyridine rings is 1. The minimum absolute atomic E-state index is 0.0900. The highest BCUT2D eigenvalue weighted by Crippen LogP contribution is 2.27. The number of nitrogens with one attached hydrogen (secondary N) is 2. The second-order valence-electron chi connectivity index (χ2n) is 7.11. The van der Waals surface area contributed by atoms with Gasteiger partial charge in [-0.25, -0.2) is 17.7 Å². The fourth-order valence-corrected chi connectivity index (χ4v) is 3.88. The molecule has 0 aliphatic rings. The number of ether oxygens (including phenoxy) is 1. The number of hydrogen-bond donors (Lipinski definition) is 2. The van der Waals surface area contributed by atoms with E-state index >= 15 is 0 Å². The zero-order chi connectivity index (χ0) is 22.8. The number of hydrogen-bond acceptors (Lipinski definition) is 7. The minimum atomic E-state index is -3.79. The van der Waals surface area contributed by atoms with Crippen molar-refractivity contribution in [2.45, 2.75) is 24.8 Å². The Morgan fingerprint density at radius 2 is 1.97 bits per heavy atom. The summed E-state index contributed by atoms with van der Waals surface area (Å²) in [4.78, 5) is 21.3. The lowest BCUT2D eigenvalue weighted by Gasteiger charge is -2.16. The van der Waals surface area contributed by atoms with Gasteiger partial charge in [0.15, 0.2) is 5.82 Å². The summed E-state index contributed by atoms with van der Waals surface area (Å²) in [6.45, 7) is 3.69. The predicted octanol–water partition coefficient (Wildman–Crippen LogP) is 1.93. The average Bonchev–Trinajstić information content (AvgIpc) is 3.23. The molecular weight excluding hydrogens is 420 g/mol. The van der Waals surface area contributed by atoms with Gasteiger partial charge in [0.1, 0.15) is 22.2 Å². The van der Waals surface area contributed by atoms with Crippen LogP contribution in [0.4, 0.5) is 0 Å². The number of aryl methyl sites for hydroxylation is 1. The van der Waals surface area contributed by atoms with Crippen molar-refractivity contribution < 1.29 is 17.9 Å². The summed E-state index contributed by atoms with van der Waals surface area (Å²) in [5.41, 5.74) is 1.82. The van der Waals surface area contributed by atoms with Crippen LogP contribution in [0.3, 0.4) is 0 Å². The van der Waals surface area contributed by atoms with E-state index in [2.05, 4.69) is 25.5 Å². The van der Waals surface area contributed by atoms with Crippen LogP contribution in [-0.4, -0.2) is 60.0 Å². The molecule has 0 radical (unpaired) electrons. The molecule has 3 rings (SSSR count). The summed E-state index contributed by atoms with van der Waals surface area (Å²) in [5, 5.41) is 9.77. The number of benzene rings is 1. The van der Waals surface area contributed by atoms with Crippen LogP contribution >= 0.6 is 0 Å². The summed E-state index contributed by atoms with van der Waals surface area (Å²) >= 11 is 0. The van der Waals surface area contributed by atoms with Crippen molar-refractivity contribution in [3.63, 3.8) is 0 Å². The molecule has 0 saturated carbocycles. The van der Waals surface area contributed by atoms with E-state index in [1.54, 1.807) is 13.1 Å². The van der Waals surface area contributed by atoms with Gasteiger partial charge in [-0.2, -0.15) is 5.10 Å². The van der Waals surface area contributed by atoms with Crippen molar-refractivity contribution in [2.24, 2.45) is 0 Å². The highest BCUT2D eigenvalue weighted by molar-refractivity contribution is 7.89. The third-order valence-electron chi connectivity index (χ3n) is 4.59. The lowest BCUT2D eigenvalue weighted by Crippen LogP contribution is -2.28. The molecule has 0 bridgehead atoms. The molecule has 1 amide bonds. The van der Waals surface area contributed by atoms with Crippen molar-refractivity contribution in [1.82, 2.24) is 29.8 Å². The third-order valence-corrected chi connectivity index (χ3v) is 6.43. The van der Waals surface area contributed by atoms with Crippen molar-refractivity contribution in [3.8, 4) is 17.3 Å². The summed E-state index contributed by atoms with van der Waals surface area (Å²) in [6.07, 6.45) is 1.68. The van der Waals surface area contributed by atoms with Crippen molar-refractivity contribution in [1.29, 1.82) is 0 Å². The van der Waals surface area contributed by atoms with E-state index < -0.39 is 22.0 Å². The van der Waals surface area contributed by atoms with Gasteiger partial charge in [-0.3, -0.25) is 14.9 Å². The highest BCUT2D eigenvalue weighted by atomic mass is 32.2. The molecule has 31 heavy (non-hydrogen) atoms. The number of H-pyrrole nitrogens is 1. The fourth-order valence-electron chi connectivity index (χ4n) is 2.81. The molecule has 10 nitrogen and oxygen atoms in total. The van der Waals surface area contributed by atoms with Gasteiger partial charge in [0.2, 0.25) is 10.0 Å². The minimum Gasteiger partial charge on any atom is -0.495 e. The number of amides is 1. The topological polar surface area (TPSA) is 130 Å². The van der Waals surface area contributed by atoms with E-state index in [4.69, 9.17) is 4.74 Å². The molecule has 0 saturated heterocycles. The summed E-state index contributed by atoms with van der Waals surface area (Å²) in [5.74, 6) is 0.561. The van der Waals surface area contributed by atoms with Crippen LogP contribution in [0.1, 0.15) is 34.7 Å². The highest BCUT2D eigenvalue weighted by Gasteiger charge is 2.24. The van der Waals surface area contributed by atoms with Gasteiger partial charge in [-0.1, -0.05) is 0 Å². The molecule has 1 unspecified atom stereocenters. The molecule has 2 N–H and O–H groups in total. The van der Waals surface area contributed by atoms with E-state index in [0.29, 0.717) is 17.3 Å². The SMILES string of the molecule is COc1ccc(C(=O)NC(C)c2nc(-c3cc(C)ccn3)n[nH]2)cc1S(=O)(=O)N(C)C. The first-order chi connectivity index (χ1) is 14.6. The van der Waals surface area contributed by atoms with Gasteiger partial charge in [-0.05, 0) is 49.7 Å². The number of sulfonamides is 1. The fraction of sp³-hybridized carbons (Fsp3) is 0.300. The Hall–Kier alpha value is -3.31. The molecule has 1 aromatic carbocycles. The van der Waals surface area contributed by atoms with Crippen LogP contribution in [-0.2, 0) is 10.0 Å². The van der Waals surface area contributed by atoms with Gasteiger partial charge in [-0.15, -0.1) is 0 Å². The van der Waals surface area contributed by atoms with Crippen LogP contribution < -0.4 is 10.1 Å². The molecule has 0 aliphatic heterocycles. The number of aromatic amines is 1. The van der Waals surface area contributed by atoms with Crippen LogP contribution in [0.15, 0.2) is 41.4 Å². The van der Waals surface area contributed by atoms with E-state index in [1.807, 2.05) is 19.1 Å². The largest absolute Gasteiger partial charge is 0.495 e. The molecule has 164 valence electrons. The Morgan fingerprint density at radius 1 is 1.23 bits per heavy atom. The third kappa shape index (κ3) is 4.72. The maximum atomic E-state index is 12.8. The molecule has 2 heterocycles. The summed E-state index contributed by atoms with van der Waals surface area (Å²) < 4.78 is 31.4. The van der Waals surface area contributed by atoms with Crippen LogP contribution in [0.25, 0.3) is 11.5 Å². The second-order valence-corrected chi connectivity index (χ2v) is 9.23. The molecule has 0 fully saturated rings. The molecule has 0 aliphatic carbocycles. The Morgan fingerprint density at radius 3 is 2.61 bits per heavy atom.